The first-order valence-electron chi connectivity index (χ1n) is 11.5. The first kappa shape index (κ1) is 33.8. The molecule has 0 heterocycles. The van der Waals surface area contributed by atoms with Crippen molar-refractivity contribution < 1.29 is 34.2 Å². The fourth-order valence-corrected chi connectivity index (χ4v) is 3.10. The van der Waals surface area contributed by atoms with Crippen molar-refractivity contribution >= 4 is 48.2 Å². The molecule has 0 aromatic heterocycles. The SMILES string of the molecule is C[C@@H](O)[C@H](N)C(=O)N[C@@H](CCCN=C(N)N)C(=O)NCC(=O)N[C@@H](CS)C(=O)N[C@@H](CCCN)C(=O)O. The molecule has 16 nitrogen and oxygen atoms in total. The Balaban J connectivity index is 5.07. The average molecular weight is 550 g/mol. The lowest BCUT2D eigenvalue weighted by molar-refractivity contribution is -0.142. The fourth-order valence-electron chi connectivity index (χ4n) is 2.84. The Labute approximate surface area is 220 Å². The van der Waals surface area contributed by atoms with Gasteiger partial charge in [-0.2, -0.15) is 12.6 Å². The second-order valence-electron chi connectivity index (χ2n) is 8.13. The number of aliphatic hydroxyl groups is 1. The number of aliphatic carboxylic acids is 1. The van der Waals surface area contributed by atoms with Crippen LogP contribution in [0.5, 0.6) is 0 Å². The minimum atomic E-state index is -1.29. The summed E-state index contributed by atoms with van der Waals surface area (Å²) in [5, 5.41) is 28.2. The summed E-state index contributed by atoms with van der Waals surface area (Å²) < 4.78 is 0. The highest BCUT2D eigenvalue weighted by Gasteiger charge is 2.28. The number of aliphatic hydroxyl groups excluding tert-OH is 1. The van der Waals surface area contributed by atoms with E-state index >= 15 is 0 Å². The van der Waals surface area contributed by atoms with E-state index in [2.05, 4.69) is 38.9 Å². The molecular weight excluding hydrogens is 510 g/mol. The number of guanidine groups is 1. The molecule has 0 unspecified atom stereocenters. The van der Waals surface area contributed by atoms with Crippen molar-refractivity contribution in [3.63, 3.8) is 0 Å². The highest BCUT2D eigenvalue weighted by molar-refractivity contribution is 7.80. The van der Waals surface area contributed by atoms with Crippen LogP contribution in [0.1, 0.15) is 32.6 Å². The smallest absolute Gasteiger partial charge is 0.326 e. The first-order chi connectivity index (χ1) is 17.3. The lowest BCUT2D eigenvalue weighted by Crippen LogP contribution is -2.56. The maximum Gasteiger partial charge on any atom is 0.326 e. The number of hydrogen-bond acceptors (Lipinski definition) is 10. The van der Waals surface area contributed by atoms with Crippen molar-refractivity contribution in [3.8, 4) is 0 Å². The molecule has 0 fully saturated rings. The molecule has 0 aliphatic carbocycles. The molecule has 5 atom stereocenters. The minimum absolute atomic E-state index is 0.0869. The molecule has 0 aliphatic rings. The Morgan fingerprint density at radius 2 is 1.51 bits per heavy atom. The van der Waals surface area contributed by atoms with Crippen molar-refractivity contribution in [1.29, 1.82) is 0 Å². The number of amides is 4. The maximum absolute atomic E-state index is 12.6. The summed E-state index contributed by atoms with van der Waals surface area (Å²) in [5.41, 5.74) is 21.5. The van der Waals surface area contributed by atoms with Gasteiger partial charge in [-0.1, -0.05) is 0 Å². The van der Waals surface area contributed by atoms with E-state index in [1.165, 1.54) is 6.92 Å². The highest BCUT2D eigenvalue weighted by Crippen LogP contribution is 2.02. The van der Waals surface area contributed by atoms with Gasteiger partial charge in [-0.3, -0.25) is 24.2 Å². The van der Waals surface area contributed by atoms with Gasteiger partial charge >= 0.3 is 5.97 Å². The zero-order valence-electron chi connectivity index (χ0n) is 20.7. The Kier molecular flexibility index (Phi) is 16.6. The summed E-state index contributed by atoms with van der Waals surface area (Å²) in [5.74, 6) is -4.58. The van der Waals surface area contributed by atoms with E-state index in [1.54, 1.807) is 0 Å². The van der Waals surface area contributed by atoms with Crippen LogP contribution in [0.2, 0.25) is 0 Å². The molecule has 14 N–H and O–H groups in total. The van der Waals surface area contributed by atoms with Gasteiger partial charge in [-0.05, 0) is 39.2 Å². The molecule has 0 radical (unpaired) electrons. The van der Waals surface area contributed by atoms with Gasteiger partial charge in [0.15, 0.2) is 5.96 Å². The number of nitrogens with one attached hydrogen (secondary N) is 4. The number of thiol groups is 1. The third kappa shape index (κ3) is 14.2. The van der Waals surface area contributed by atoms with Gasteiger partial charge in [0.05, 0.1) is 12.6 Å². The highest BCUT2D eigenvalue weighted by atomic mass is 32.1. The number of carboxylic acids is 1. The zero-order valence-corrected chi connectivity index (χ0v) is 21.6. The normalized spacial score (nSPS) is 14.7. The number of carboxylic acid groups (broad SMARTS) is 1. The number of nitrogens with zero attached hydrogens (tertiary/aromatic N) is 1. The summed E-state index contributed by atoms with van der Waals surface area (Å²) >= 11 is 4.01. The second-order valence-corrected chi connectivity index (χ2v) is 8.49. The zero-order chi connectivity index (χ0) is 28.5. The number of rotatable bonds is 18. The lowest BCUT2D eigenvalue weighted by Gasteiger charge is -2.22. The molecule has 17 heteroatoms. The van der Waals surface area contributed by atoms with Crippen LogP contribution in [0.15, 0.2) is 4.99 Å². The van der Waals surface area contributed by atoms with Crippen LogP contribution in [0.25, 0.3) is 0 Å². The van der Waals surface area contributed by atoms with Gasteiger partial charge in [-0.15, -0.1) is 0 Å². The predicted molar refractivity (Wildman–Crippen MR) is 138 cm³/mol. The topological polar surface area (TPSA) is 290 Å². The third-order valence-corrected chi connectivity index (χ3v) is 5.33. The number of aliphatic imine (C=N–C) groups is 1. The number of carbonyl (C=O) groups is 5. The van der Waals surface area contributed by atoms with E-state index in [1.807, 2.05) is 0 Å². The fraction of sp³-hybridized carbons (Fsp3) is 0.700. The molecular formula is C20H39N9O7S. The number of hydrogen-bond donors (Lipinski definition) is 11. The molecule has 0 saturated heterocycles. The molecule has 4 amide bonds. The average Bonchev–Trinajstić information content (AvgIpc) is 2.83. The Bertz CT molecular complexity index is 809. The van der Waals surface area contributed by atoms with Crippen molar-refractivity contribution in [1.82, 2.24) is 21.3 Å². The molecule has 0 aliphatic heterocycles. The number of nitrogens with two attached hydrogens (primary N) is 4. The Morgan fingerprint density at radius 1 is 0.919 bits per heavy atom. The van der Waals surface area contributed by atoms with Crippen LogP contribution in [-0.4, -0.2) is 101 Å². The maximum atomic E-state index is 12.6. The summed E-state index contributed by atoms with van der Waals surface area (Å²) in [6.07, 6.45) is -0.313. The lowest BCUT2D eigenvalue weighted by atomic mass is 10.1. The Morgan fingerprint density at radius 3 is 2.03 bits per heavy atom. The molecule has 37 heavy (non-hydrogen) atoms. The monoisotopic (exact) mass is 549 g/mol. The quantitative estimate of drug-likeness (QED) is 0.0333. The molecule has 212 valence electrons. The molecule has 0 aromatic carbocycles. The standard InChI is InChI=1S/C20H39N9O7S/c1-10(30)15(22)18(34)28-11(5-3-7-25-20(23)24)16(32)26-8-14(31)27-13(9-37)17(33)29-12(19(35)36)4-2-6-21/h10-13,15,30,37H,2-9,21-22H2,1H3,(H,26,32)(H,27,31)(H,28,34)(H,29,33)(H,35,36)(H4,23,24,25)/t10-,11+,12+,13+,15+/m1/s1. The molecule has 0 aromatic rings. The summed E-state index contributed by atoms with van der Waals surface area (Å²) in [6, 6.07) is -4.77. The van der Waals surface area contributed by atoms with E-state index in [0.29, 0.717) is 12.8 Å². The van der Waals surface area contributed by atoms with Gasteiger partial charge in [0, 0.05) is 12.3 Å². The van der Waals surface area contributed by atoms with Gasteiger partial charge < -0.3 is 54.4 Å². The summed E-state index contributed by atoms with van der Waals surface area (Å²) in [7, 11) is 0. The van der Waals surface area contributed by atoms with Crippen LogP contribution in [0, 0.1) is 0 Å². The molecule has 0 spiro atoms. The van der Waals surface area contributed by atoms with Gasteiger partial charge in [0.25, 0.3) is 0 Å². The van der Waals surface area contributed by atoms with Gasteiger partial charge in [-0.25, -0.2) is 4.79 Å². The van der Waals surface area contributed by atoms with E-state index in [0.717, 1.165) is 0 Å². The Hall–Kier alpha value is -3.15. The second kappa shape index (κ2) is 18.1. The van der Waals surface area contributed by atoms with E-state index in [4.69, 9.17) is 22.9 Å². The van der Waals surface area contributed by atoms with Gasteiger partial charge in [0.1, 0.15) is 24.2 Å². The van der Waals surface area contributed by atoms with Crippen LogP contribution < -0.4 is 44.2 Å². The minimum Gasteiger partial charge on any atom is -0.480 e. The van der Waals surface area contributed by atoms with Crippen molar-refractivity contribution in [2.45, 2.75) is 62.9 Å². The molecule has 0 bridgehead atoms. The third-order valence-electron chi connectivity index (χ3n) is 4.97. The van der Waals surface area contributed by atoms with Crippen molar-refractivity contribution in [2.24, 2.45) is 27.9 Å². The predicted octanol–water partition coefficient (Wildman–Crippen LogP) is -4.93. The van der Waals surface area contributed by atoms with Crippen LogP contribution >= 0.6 is 12.6 Å². The van der Waals surface area contributed by atoms with Crippen molar-refractivity contribution in [2.75, 3.05) is 25.4 Å². The van der Waals surface area contributed by atoms with Gasteiger partial charge in [0.2, 0.25) is 23.6 Å². The van der Waals surface area contributed by atoms with Crippen molar-refractivity contribution in [3.05, 3.63) is 0 Å². The van der Waals surface area contributed by atoms with Crippen LogP contribution in [-0.2, 0) is 24.0 Å². The first-order valence-corrected chi connectivity index (χ1v) is 12.2. The largest absolute Gasteiger partial charge is 0.480 e. The van der Waals surface area contributed by atoms with Crippen LogP contribution in [0.3, 0.4) is 0 Å². The van der Waals surface area contributed by atoms with Crippen LogP contribution in [0.4, 0.5) is 0 Å². The molecule has 0 rings (SSSR count). The van der Waals surface area contributed by atoms with E-state index < -0.39 is 66.4 Å². The van der Waals surface area contributed by atoms with E-state index in [9.17, 15) is 34.2 Å². The van der Waals surface area contributed by atoms with E-state index in [-0.39, 0.29) is 37.6 Å². The number of carbonyl (C=O) groups excluding carboxylic acids is 4. The summed E-state index contributed by atoms with van der Waals surface area (Å²) in [4.78, 5) is 64.7. The molecule has 0 saturated carbocycles. The summed E-state index contributed by atoms with van der Waals surface area (Å²) in [6.45, 7) is 1.17.